The Morgan fingerprint density at radius 3 is 2.77 bits per heavy atom. The highest BCUT2D eigenvalue weighted by Crippen LogP contribution is 2.36. The van der Waals surface area contributed by atoms with Crippen molar-refractivity contribution in [2.45, 2.75) is 6.92 Å². The van der Waals surface area contributed by atoms with E-state index in [0.29, 0.717) is 0 Å². The molecule has 108 valence electrons. The number of benzene rings is 2. The maximum absolute atomic E-state index is 10.5. The number of aromatic amines is 1. The third-order valence-corrected chi connectivity index (χ3v) is 4.83. The first-order valence-corrected chi connectivity index (χ1v) is 7.92. The van der Waals surface area contributed by atoms with Crippen LogP contribution in [-0.2, 0) is 0 Å². The van der Waals surface area contributed by atoms with Gasteiger partial charge in [0.05, 0.1) is 16.3 Å². The van der Waals surface area contributed by atoms with Crippen LogP contribution in [0.1, 0.15) is 5.56 Å². The fraction of sp³-hybridized carbons (Fsp3) is 0.0556. The van der Waals surface area contributed by atoms with E-state index < -0.39 is 0 Å². The highest BCUT2D eigenvalue weighted by atomic mass is 32.1. The molecule has 4 rings (SSSR count). The Bertz CT molecular complexity index is 968. The van der Waals surface area contributed by atoms with E-state index in [1.165, 1.54) is 5.56 Å². The Kier molecular flexibility index (Phi) is 2.98. The van der Waals surface area contributed by atoms with Gasteiger partial charge in [0.1, 0.15) is 5.75 Å². The summed E-state index contributed by atoms with van der Waals surface area (Å²) in [5, 5.41) is 21.9. The fourth-order valence-corrected chi connectivity index (χ4v) is 3.49. The van der Waals surface area contributed by atoms with Crippen molar-refractivity contribution in [1.29, 1.82) is 0 Å². The zero-order valence-corrected chi connectivity index (χ0v) is 12.8. The van der Waals surface area contributed by atoms with E-state index in [-0.39, 0.29) is 5.75 Å². The largest absolute Gasteiger partial charge is 0.507 e. The molecule has 0 aliphatic rings. The molecule has 0 spiro atoms. The number of aromatic nitrogens is 2. The molecule has 2 heterocycles. The minimum absolute atomic E-state index is 0.276. The first-order chi connectivity index (χ1) is 10.7. The summed E-state index contributed by atoms with van der Waals surface area (Å²) in [7, 11) is 0. The van der Waals surface area contributed by atoms with Crippen LogP contribution < -0.4 is 0 Å². The summed E-state index contributed by atoms with van der Waals surface area (Å²) in [6, 6.07) is 15.8. The molecule has 0 atom stereocenters. The molecule has 0 fully saturated rings. The van der Waals surface area contributed by atoms with E-state index in [1.54, 1.807) is 11.3 Å². The molecule has 4 heteroatoms. The SMILES string of the molecule is Cc1csc(-c2cc(-c3ccc4ccccc4c3O)n[nH]2)c1. The zero-order valence-electron chi connectivity index (χ0n) is 12.0. The molecule has 2 aromatic heterocycles. The number of phenols is 1. The van der Waals surface area contributed by atoms with Crippen LogP contribution in [0.2, 0.25) is 0 Å². The van der Waals surface area contributed by atoms with Crippen LogP contribution >= 0.6 is 11.3 Å². The van der Waals surface area contributed by atoms with E-state index in [1.807, 2.05) is 42.5 Å². The third-order valence-electron chi connectivity index (χ3n) is 3.75. The molecule has 0 aliphatic carbocycles. The monoisotopic (exact) mass is 306 g/mol. The molecule has 0 radical (unpaired) electrons. The molecule has 0 saturated heterocycles. The van der Waals surface area contributed by atoms with Gasteiger partial charge < -0.3 is 5.11 Å². The molecule has 3 nitrogen and oxygen atoms in total. The lowest BCUT2D eigenvalue weighted by Crippen LogP contribution is -1.81. The molecule has 4 aromatic rings. The summed E-state index contributed by atoms with van der Waals surface area (Å²) in [5.74, 6) is 0.276. The summed E-state index contributed by atoms with van der Waals surface area (Å²) in [6.07, 6.45) is 0. The van der Waals surface area contributed by atoms with E-state index in [9.17, 15) is 5.11 Å². The second-order valence-corrected chi connectivity index (χ2v) is 6.25. The van der Waals surface area contributed by atoms with Crippen molar-refractivity contribution >= 4 is 22.1 Å². The maximum Gasteiger partial charge on any atom is 0.132 e. The van der Waals surface area contributed by atoms with Crippen molar-refractivity contribution in [2.75, 3.05) is 0 Å². The molecule has 2 N–H and O–H groups in total. The quantitative estimate of drug-likeness (QED) is 0.549. The van der Waals surface area contributed by atoms with Gasteiger partial charge in [0.15, 0.2) is 0 Å². The van der Waals surface area contributed by atoms with Gasteiger partial charge in [-0.15, -0.1) is 11.3 Å². The van der Waals surface area contributed by atoms with Gasteiger partial charge >= 0.3 is 0 Å². The minimum atomic E-state index is 0.276. The Labute approximate surface area is 131 Å². The van der Waals surface area contributed by atoms with Gasteiger partial charge in [0.2, 0.25) is 0 Å². The topological polar surface area (TPSA) is 48.9 Å². The average molecular weight is 306 g/mol. The fourth-order valence-electron chi connectivity index (χ4n) is 2.62. The highest BCUT2D eigenvalue weighted by molar-refractivity contribution is 7.13. The Morgan fingerprint density at radius 1 is 1.09 bits per heavy atom. The van der Waals surface area contributed by atoms with Crippen LogP contribution in [0.25, 0.3) is 32.6 Å². The first kappa shape index (κ1) is 13.1. The molecular weight excluding hydrogens is 292 g/mol. The van der Waals surface area contributed by atoms with E-state index in [2.05, 4.69) is 28.6 Å². The minimum Gasteiger partial charge on any atom is -0.507 e. The maximum atomic E-state index is 10.5. The van der Waals surface area contributed by atoms with Gasteiger partial charge in [-0.25, -0.2) is 0 Å². The lowest BCUT2D eigenvalue weighted by atomic mass is 10.0. The number of phenolic OH excluding ortho intramolecular Hbond substituents is 1. The zero-order chi connectivity index (χ0) is 15.1. The molecule has 0 aliphatic heterocycles. The number of hydrogen-bond donors (Lipinski definition) is 2. The lowest BCUT2D eigenvalue weighted by molar-refractivity contribution is 0.483. The number of aryl methyl sites for hydroxylation is 1. The number of aromatic hydroxyl groups is 1. The Morgan fingerprint density at radius 2 is 1.95 bits per heavy atom. The van der Waals surface area contributed by atoms with Crippen LogP contribution in [-0.4, -0.2) is 15.3 Å². The molecule has 0 amide bonds. The number of fused-ring (bicyclic) bond motifs is 1. The van der Waals surface area contributed by atoms with Gasteiger partial charge in [-0.3, -0.25) is 5.10 Å². The molecule has 0 saturated carbocycles. The van der Waals surface area contributed by atoms with E-state index in [4.69, 9.17) is 0 Å². The Hall–Kier alpha value is -2.59. The van der Waals surface area contributed by atoms with Crippen molar-refractivity contribution < 1.29 is 5.11 Å². The second kappa shape index (κ2) is 5.00. The van der Waals surface area contributed by atoms with Crippen molar-refractivity contribution in [3.8, 4) is 27.6 Å². The van der Waals surface area contributed by atoms with Crippen LogP contribution in [0.5, 0.6) is 5.75 Å². The number of thiophene rings is 1. The third kappa shape index (κ3) is 2.09. The molecule has 0 unspecified atom stereocenters. The standard InChI is InChI=1S/C18H14N2OS/c1-11-8-17(22-10-11)16-9-15(19-20-16)14-7-6-12-4-2-3-5-13(12)18(14)21/h2-10,21H,1H3,(H,19,20). The summed E-state index contributed by atoms with van der Waals surface area (Å²) >= 11 is 1.68. The van der Waals surface area contributed by atoms with Crippen molar-refractivity contribution in [2.24, 2.45) is 0 Å². The average Bonchev–Trinajstić information content (AvgIpc) is 3.17. The molecular formula is C18H14N2OS. The van der Waals surface area contributed by atoms with Gasteiger partial charge in [-0.1, -0.05) is 30.3 Å². The van der Waals surface area contributed by atoms with Crippen LogP contribution in [0, 0.1) is 6.92 Å². The van der Waals surface area contributed by atoms with Crippen LogP contribution in [0.3, 0.4) is 0 Å². The molecule has 22 heavy (non-hydrogen) atoms. The van der Waals surface area contributed by atoms with Crippen LogP contribution in [0.4, 0.5) is 0 Å². The van der Waals surface area contributed by atoms with Crippen LogP contribution in [0.15, 0.2) is 53.9 Å². The molecule has 2 aromatic carbocycles. The van der Waals surface area contributed by atoms with E-state index >= 15 is 0 Å². The summed E-state index contributed by atoms with van der Waals surface area (Å²) < 4.78 is 0. The van der Waals surface area contributed by atoms with Gasteiger partial charge in [-0.05, 0) is 41.5 Å². The van der Waals surface area contributed by atoms with Crippen molar-refractivity contribution in [3.05, 3.63) is 59.5 Å². The number of hydrogen-bond acceptors (Lipinski definition) is 3. The second-order valence-electron chi connectivity index (χ2n) is 5.34. The van der Waals surface area contributed by atoms with Gasteiger partial charge in [-0.2, -0.15) is 5.10 Å². The summed E-state index contributed by atoms with van der Waals surface area (Å²) in [5.41, 5.74) is 3.71. The van der Waals surface area contributed by atoms with Crippen molar-refractivity contribution in [3.63, 3.8) is 0 Å². The predicted octanol–water partition coefficient (Wildman–Crippen LogP) is 4.97. The normalized spacial score (nSPS) is 11.1. The Balaban J connectivity index is 1.82. The summed E-state index contributed by atoms with van der Waals surface area (Å²) in [4.78, 5) is 1.15. The predicted molar refractivity (Wildman–Crippen MR) is 91.2 cm³/mol. The lowest BCUT2D eigenvalue weighted by Gasteiger charge is -2.05. The van der Waals surface area contributed by atoms with E-state index in [0.717, 1.165) is 32.6 Å². The smallest absolute Gasteiger partial charge is 0.132 e. The van der Waals surface area contributed by atoms with Crippen molar-refractivity contribution in [1.82, 2.24) is 10.2 Å². The number of rotatable bonds is 2. The number of nitrogens with one attached hydrogen (secondary N) is 1. The molecule has 0 bridgehead atoms. The number of H-pyrrole nitrogens is 1. The van der Waals surface area contributed by atoms with Gasteiger partial charge in [0.25, 0.3) is 0 Å². The highest BCUT2D eigenvalue weighted by Gasteiger charge is 2.12. The number of nitrogens with zero attached hydrogens (tertiary/aromatic N) is 1. The first-order valence-electron chi connectivity index (χ1n) is 7.04. The van der Waals surface area contributed by atoms with Gasteiger partial charge in [0, 0.05) is 10.9 Å². The summed E-state index contributed by atoms with van der Waals surface area (Å²) in [6.45, 7) is 2.08.